The van der Waals surface area contributed by atoms with E-state index in [4.69, 9.17) is 21.7 Å². The van der Waals surface area contributed by atoms with E-state index >= 15 is 0 Å². The molecule has 6 nitrogen and oxygen atoms in total. The van der Waals surface area contributed by atoms with Gasteiger partial charge in [0, 0.05) is 36.0 Å². The second kappa shape index (κ2) is 8.31. The predicted molar refractivity (Wildman–Crippen MR) is 113 cm³/mol. The van der Waals surface area contributed by atoms with E-state index in [1.807, 2.05) is 26.0 Å². The maximum Gasteiger partial charge on any atom is 0.270 e. The molecule has 1 amide bonds. The summed E-state index contributed by atoms with van der Waals surface area (Å²) in [5, 5.41) is 2.92. The van der Waals surface area contributed by atoms with Crippen LogP contribution in [-0.4, -0.2) is 28.2 Å². The van der Waals surface area contributed by atoms with Crippen LogP contribution in [0, 0.1) is 10.6 Å². The molecule has 1 aromatic heterocycles. The zero-order chi connectivity index (χ0) is 21.3. The summed E-state index contributed by atoms with van der Waals surface area (Å²) in [5.41, 5.74) is 2.87. The molecular weight excluding hydrogens is 405 g/mol. The molecule has 30 heavy (non-hydrogen) atoms. The molecule has 0 aliphatic carbocycles. The first-order chi connectivity index (χ1) is 14.5. The number of ether oxygens (including phenoxy) is 2. The summed E-state index contributed by atoms with van der Waals surface area (Å²) in [6, 6.07) is 9.70. The molecule has 2 heterocycles. The molecule has 0 radical (unpaired) electrons. The number of H-pyrrole nitrogens is 1. The van der Waals surface area contributed by atoms with Gasteiger partial charge in [-0.15, -0.1) is 0 Å². The van der Waals surface area contributed by atoms with Crippen molar-refractivity contribution in [1.82, 2.24) is 14.9 Å². The number of benzene rings is 2. The Morgan fingerprint density at radius 1 is 1.37 bits per heavy atom. The van der Waals surface area contributed by atoms with E-state index in [9.17, 15) is 9.18 Å². The Bertz CT molecular complexity index is 1140. The van der Waals surface area contributed by atoms with E-state index in [0.29, 0.717) is 22.8 Å². The first-order valence-electron chi connectivity index (χ1n) is 9.76. The van der Waals surface area contributed by atoms with Gasteiger partial charge in [0.25, 0.3) is 5.91 Å². The van der Waals surface area contributed by atoms with Crippen LogP contribution in [0.25, 0.3) is 5.69 Å². The Balaban J connectivity index is 1.57. The highest BCUT2D eigenvalue weighted by atomic mass is 32.1. The first-order valence-corrected chi connectivity index (χ1v) is 10.2. The normalized spacial score (nSPS) is 14.8. The number of amides is 1. The molecule has 1 atom stereocenters. The van der Waals surface area contributed by atoms with Gasteiger partial charge in [0.1, 0.15) is 29.1 Å². The van der Waals surface area contributed by atoms with Crippen LogP contribution in [0.5, 0.6) is 11.5 Å². The molecule has 1 aliphatic heterocycles. The lowest BCUT2D eigenvalue weighted by atomic mass is 10.1. The summed E-state index contributed by atoms with van der Waals surface area (Å²) >= 11 is 5.30. The van der Waals surface area contributed by atoms with Crippen molar-refractivity contribution in [2.24, 2.45) is 0 Å². The maximum atomic E-state index is 13.3. The van der Waals surface area contributed by atoms with E-state index in [1.54, 1.807) is 16.7 Å². The third-order valence-corrected chi connectivity index (χ3v) is 5.21. The molecule has 4 rings (SSSR count). The highest BCUT2D eigenvalue weighted by Crippen LogP contribution is 2.35. The van der Waals surface area contributed by atoms with Crippen molar-refractivity contribution in [2.45, 2.75) is 32.9 Å². The molecular formula is C22H22FN3O3S. The van der Waals surface area contributed by atoms with Crippen LogP contribution in [-0.2, 0) is 13.0 Å². The van der Waals surface area contributed by atoms with E-state index in [1.165, 1.54) is 18.3 Å². The standard InChI is InChI=1S/C22H22FN3O3S/c1-3-28-19-9-14-8-13(2)29-20(14)10-15(19)11-24-21(27)18-12-25-22(30)26(18)17-6-4-16(23)5-7-17/h4-7,9-10,12-13H,3,8,11H2,1-2H3,(H,24,27)(H,25,30). The van der Waals surface area contributed by atoms with Crippen molar-refractivity contribution in [3.8, 4) is 17.2 Å². The number of nitrogens with zero attached hydrogens (tertiary/aromatic N) is 1. The Morgan fingerprint density at radius 3 is 2.87 bits per heavy atom. The van der Waals surface area contributed by atoms with Gasteiger partial charge >= 0.3 is 0 Å². The predicted octanol–water partition coefficient (Wildman–Crippen LogP) is 4.33. The summed E-state index contributed by atoms with van der Waals surface area (Å²) in [5.74, 6) is 0.886. The SMILES string of the molecule is CCOc1cc2c(cc1CNC(=O)c1c[nH]c(=S)n1-c1ccc(F)cc1)OC(C)C2. The van der Waals surface area contributed by atoms with Crippen molar-refractivity contribution in [3.63, 3.8) is 0 Å². The number of aromatic nitrogens is 2. The molecule has 2 N–H and O–H groups in total. The average Bonchev–Trinajstić information content (AvgIpc) is 3.28. The Hall–Kier alpha value is -3.13. The van der Waals surface area contributed by atoms with Crippen LogP contribution in [0.4, 0.5) is 4.39 Å². The first kappa shape index (κ1) is 20.2. The number of hydrogen-bond donors (Lipinski definition) is 2. The Kier molecular flexibility index (Phi) is 5.59. The molecule has 0 spiro atoms. The number of imidazole rings is 1. The van der Waals surface area contributed by atoms with Crippen LogP contribution < -0.4 is 14.8 Å². The smallest absolute Gasteiger partial charge is 0.270 e. The lowest BCUT2D eigenvalue weighted by Crippen LogP contribution is -2.25. The molecule has 2 aromatic carbocycles. The van der Waals surface area contributed by atoms with Crippen molar-refractivity contribution in [2.75, 3.05) is 6.61 Å². The van der Waals surface area contributed by atoms with Gasteiger partial charge < -0.3 is 19.8 Å². The van der Waals surface area contributed by atoms with Crippen LogP contribution >= 0.6 is 12.2 Å². The number of aromatic amines is 1. The molecule has 3 aromatic rings. The van der Waals surface area contributed by atoms with Gasteiger partial charge in [0.05, 0.1) is 6.61 Å². The summed E-state index contributed by atoms with van der Waals surface area (Å²) in [4.78, 5) is 15.8. The highest BCUT2D eigenvalue weighted by Gasteiger charge is 2.22. The number of hydrogen-bond acceptors (Lipinski definition) is 4. The summed E-state index contributed by atoms with van der Waals surface area (Å²) in [6.07, 6.45) is 2.50. The lowest BCUT2D eigenvalue weighted by Gasteiger charge is -2.14. The van der Waals surface area contributed by atoms with Gasteiger partial charge in [0.15, 0.2) is 4.77 Å². The van der Waals surface area contributed by atoms with E-state index < -0.39 is 0 Å². The summed E-state index contributed by atoms with van der Waals surface area (Å²) < 4.78 is 26.8. The van der Waals surface area contributed by atoms with Gasteiger partial charge in [-0.2, -0.15) is 0 Å². The van der Waals surface area contributed by atoms with Gasteiger partial charge in [-0.1, -0.05) is 0 Å². The second-order valence-electron chi connectivity index (χ2n) is 7.11. The maximum absolute atomic E-state index is 13.3. The quantitative estimate of drug-likeness (QED) is 0.575. The minimum Gasteiger partial charge on any atom is -0.494 e. The zero-order valence-electron chi connectivity index (χ0n) is 16.7. The third-order valence-electron chi connectivity index (χ3n) is 4.91. The van der Waals surface area contributed by atoms with Crippen LogP contribution in [0.1, 0.15) is 35.5 Å². The fourth-order valence-electron chi connectivity index (χ4n) is 3.56. The largest absolute Gasteiger partial charge is 0.494 e. The minimum absolute atomic E-state index is 0.124. The fraction of sp³-hybridized carbons (Fsp3) is 0.273. The Morgan fingerprint density at radius 2 is 2.13 bits per heavy atom. The van der Waals surface area contributed by atoms with Crippen LogP contribution in [0.2, 0.25) is 0 Å². The van der Waals surface area contributed by atoms with Gasteiger partial charge in [0.2, 0.25) is 0 Å². The number of rotatable bonds is 6. The minimum atomic E-state index is -0.358. The Labute approximate surface area is 178 Å². The summed E-state index contributed by atoms with van der Waals surface area (Å²) in [6.45, 7) is 4.73. The lowest BCUT2D eigenvalue weighted by molar-refractivity contribution is 0.0943. The molecule has 0 bridgehead atoms. The number of halogens is 1. The average molecular weight is 428 g/mol. The topological polar surface area (TPSA) is 68.3 Å². The molecule has 1 aliphatic rings. The van der Waals surface area contributed by atoms with Crippen molar-refractivity contribution >= 4 is 18.1 Å². The number of fused-ring (bicyclic) bond motifs is 1. The fourth-order valence-corrected chi connectivity index (χ4v) is 3.82. The van der Waals surface area contributed by atoms with Crippen LogP contribution in [0.3, 0.4) is 0 Å². The molecule has 0 fully saturated rings. The summed E-state index contributed by atoms with van der Waals surface area (Å²) in [7, 11) is 0. The number of carbonyl (C=O) groups excluding carboxylic acids is 1. The molecule has 0 saturated carbocycles. The van der Waals surface area contributed by atoms with E-state index in [0.717, 1.165) is 29.0 Å². The zero-order valence-corrected chi connectivity index (χ0v) is 17.5. The van der Waals surface area contributed by atoms with Crippen molar-refractivity contribution < 1.29 is 18.7 Å². The molecule has 156 valence electrons. The van der Waals surface area contributed by atoms with Gasteiger partial charge in [-0.05, 0) is 62.5 Å². The number of carbonyl (C=O) groups is 1. The van der Waals surface area contributed by atoms with Gasteiger partial charge in [-0.25, -0.2) is 4.39 Å². The number of nitrogens with one attached hydrogen (secondary N) is 2. The van der Waals surface area contributed by atoms with Crippen LogP contribution in [0.15, 0.2) is 42.6 Å². The second-order valence-corrected chi connectivity index (χ2v) is 7.49. The van der Waals surface area contributed by atoms with E-state index in [-0.39, 0.29) is 24.4 Å². The molecule has 1 unspecified atom stereocenters. The van der Waals surface area contributed by atoms with E-state index in [2.05, 4.69) is 10.3 Å². The molecule has 0 saturated heterocycles. The highest BCUT2D eigenvalue weighted by molar-refractivity contribution is 7.71. The van der Waals surface area contributed by atoms with Crippen molar-refractivity contribution in [3.05, 3.63) is 70.0 Å². The van der Waals surface area contributed by atoms with Gasteiger partial charge in [-0.3, -0.25) is 9.36 Å². The monoisotopic (exact) mass is 427 g/mol. The molecule has 8 heteroatoms. The third kappa shape index (κ3) is 3.95. The van der Waals surface area contributed by atoms with Crippen molar-refractivity contribution in [1.29, 1.82) is 0 Å².